The minimum Gasteiger partial charge on any atom is -0.379 e. The minimum absolute atomic E-state index is 0.0458. The van der Waals surface area contributed by atoms with Gasteiger partial charge in [0, 0.05) is 0 Å². The molecule has 152 valence electrons. The van der Waals surface area contributed by atoms with Gasteiger partial charge < -0.3 is 38.6 Å². The van der Waals surface area contributed by atoms with Crippen LogP contribution < -0.4 is 5.56 Å². The van der Waals surface area contributed by atoms with Gasteiger partial charge >= 0.3 is 15.2 Å². The molecule has 2 aromatic rings. The number of aromatic nitrogens is 4. The summed E-state index contributed by atoms with van der Waals surface area (Å²) in [5.41, 5.74) is -0.101. The second-order valence-electron chi connectivity index (χ2n) is 5.64. The highest BCUT2D eigenvalue weighted by Gasteiger charge is 2.20. The lowest BCUT2D eigenvalue weighted by Gasteiger charge is -2.19. The van der Waals surface area contributed by atoms with Gasteiger partial charge in [-0.2, -0.15) is 0 Å². The van der Waals surface area contributed by atoms with Gasteiger partial charge in [0.15, 0.2) is 11.2 Å². The normalized spacial score (nSPS) is 12.9. The molecule has 0 bridgehead atoms. The number of H-pyrrole nitrogens is 1. The molecular formula is C12H20N4O9P2. The second-order valence-corrected chi connectivity index (χ2v) is 9.19. The van der Waals surface area contributed by atoms with Crippen molar-refractivity contribution in [2.75, 3.05) is 38.8 Å². The summed E-state index contributed by atoms with van der Waals surface area (Å²) in [6.07, 6.45) is 1.63. The molecule has 2 rings (SSSR count). The lowest BCUT2D eigenvalue weighted by atomic mass is 10.3. The highest BCUT2D eigenvalue weighted by molar-refractivity contribution is 7.52. The van der Waals surface area contributed by atoms with Gasteiger partial charge in [0.2, 0.25) is 0 Å². The molecule has 13 nitrogen and oxygen atoms in total. The molecule has 27 heavy (non-hydrogen) atoms. The molecule has 0 aromatic carbocycles. The Kier molecular flexibility index (Phi) is 7.43. The molecule has 0 aliphatic heterocycles. The topological polar surface area (TPSA) is 197 Å². The fourth-order valence-electron chi connectivity index (χ4n) is 2.14. The van der Waals surface area contributed by atoms with Gasteiger partial charge in [0.1, 0.15) is 0 Å². The van der Waals surface area contributed by atoms with E-state index in [9.17, 15) is 13.9 Å². The number of nitrogens with one attached hydrogen (secondary N) is 1. The van der Waals surface area contributed by atoms with E-state index in [-0.39, 0.29) is 37.6 Å². The summed E-state index contributed by atoms with van der Waals surface area (Å²) in [7, 11) is -8.39. The summed E-state index contributed by atoms with van der Waals surface area (Å²) in [5, 5.41) is 0. The van der Waals surface area contributed by atoms with E-state index >= 15 is 0 Å². The summed E-state index contributed by atoms with van der Waals surface area (Å²) >= 11 is 0. The molecule has 0 saturated carbocycles. The van der Waals surface area contributed by atoms with Crippen LogP contribution in [0.25, 0.3) is 11.2 Å². The van der Waals surface area contributed by atoms with Crippen LogP contribution in [0.2, 0.25) is 0 Å². The number of rotatable bonds is 11. The maximum atomic E-state index is 11.7. The lowest BCUT2D eigenvalue weighted by Crippen LogP contribution is -2.23. The Labute approximate surface area is 152 Å². The van der Waals surface area contributed by atoms with Crippen LogP contribution in [0.15, 0.2) is 17.4 Å². The minimum atomic E-state index is -4.20. The Hall–Kier alpha value is -1.43. The van der Waals surface area contributed by atoms with Crippen LogP contribution in [-0.2, 0) is 18.6 Å². The van der Waals surface area contributed by atoms with E-state index in [1.54, 1.807) is 0 Å². The molecule has 0 aliphatic rings. The molecule has 0 atom stereocenters. The smallest absolute Gasteiger partial charge is 0.327 e. The Balaban J connectivity index is 2.08. The predicted molar refractivity (Wildman–Crippen MR) is 92.6 cm³/mol. The zero-order valence-corrected chi connectivity index (χ0v) is 15.8. The molecule has 0 unspecified atom stereocenters. The molecule has 0 aliphatic carbocycles. The van der Waals surface area contributed by atoms with E-state index in [2.05, 4.69) is 15.0 Å². The van der Waals surface area contributed by atoms with Crippen LogP contribution >= 0.6 is 15.2 Å². The van der Waals surface area contributed by atoms with Crippen molar-refractivity contribution in [2.24, 2.45) is 0 Å². The lowest BCUT2D eigenvalue weighted by molar-refractivity contribution is 0.0534. The molecule has 0 saturated heterocycles. The maximum absolute atomic E-state index is 11.7. The first-order valence-electron chi connectivity index (χ1n) is 7.72. The van der Waals surface area contributed by atoms with Crippen molar-refractivity contribution in [3.05, 3.63) is 23.0 Å². The van der Waals surface area contributed by atoms with Gasteiger partial charge in [-0.05, 0) is 0 Å². The number of imidazole rings is 1. The van der Waals surface area contributed by atoms with E-state index in [1.807, 2.05) is 0 Å². The zero-order valence-electron chi connectivity index (χ0n) is 14.0. The van der Waals surface area contributed by atoms with Crippen LogP contribution in [0, 0.1) is 0 Å². The molecule has 2 aromatic heterocycles. The van der Waals surface area contributed by atoms with Crippen LogP contribution in [-0.4, -0.2) is 77.8 Å². The van der Waals surface area contributed by atoms with Crippen molar-refractivity contribution in [1.29, 1.82) is 0 Å². The summed E-state index contributed by atoms with van der Waals surface area (Å²) in [6.45, 7) is -0.500. The molecule has 5 N–H and O–H groups in total. The van der Waals surface area contributed by atoms with Crippen molar-refractivity contribution < 1.29 is 38.2 Å². The predicted octanol–water partition coefficient (Wildman–Crippen LogP) is -0.951. The van der Waals surface area contributed by atoms with Crippen LogP contribution in [0.4, 0.5) is 0 Å². The zero-order chi connectivity index (χ0) is 20.1. The first-order chi connectivity index (χ1) is 12.6. The SMILES string of the molecule is O=c1[nH]cnc2c1ncn2C(COCCP(=O)(O)O)COCCP(=O)(O)O. The Morgan fingerprint density at radius 2 is 1.59 bits per heavy atom. The third-order valence-corrected chi connectivity index (χ3v) is 4.96. The van der Waals surface area contributed by atoms with Crippen molar-refractivity contribution in [3.8, 4) is 0 Å². The van der Waals surface area contributed by atoms with Gasteiger partial charge in [-0.1, -0.05) is 0 Å². The largest absolute Gasteiger partial charge is 0.379 e. The van der Waals surface area contributed by atoms with E-state index in [0.717, 1.165) is 0 Å². The third-order valence-electron chi connectivity index (χ3n) is 3.43. The molecule has 0 amide bonds. The Morgan fingerprint density at radius 1 is 1.04 bits per heavy atom. The van der Waals surface area contributed by atoms with Crippen molar-refractivity contribution in [3.63, 3.8) is 0 Å². The monoisotopic (exact) mass is 426 g/mol. The maximum Gasteiger partial charge on any atom is 0.327 e. The van der Waals surface area contributed by atoms with Gasteiger partial charge in [-0.3, -0.25) is 13.9 Å². The molecule has 2 heterocycles. The number of fused-ring (bicyclic) bond motifs is 1. The quantitative estimate of drug-likeness (QED) is 0.219. The number of nitrogens with zero attached hydrogens (tertiary/aromatic N) is 3. The molecule has 0 radical (unpaired) electrons. The molecule has 0 spiro atoms. The molecular weight excluding hydrogens is 406 g/mol. The van der Waals surface area contributed by atoms with Crippen molar-refractivity contribution in [1.82, 2.24) is 19.5 Å². The fourth-order valence-corrected chi connectivity index (χ4v) is 2.88. The third kappa shape index (κ3) is 7.24. The van der Waals surface area contributed by atoms with Gasteiger partial charge in [0.05, 0.1) is 57.4 Å². The summed E-state index contributed by atoms with van der Waals surface area (Å²) in [4.78, 5) is 57.6. The summed E-state index contributed by atoms with van der Waals surface area (Å²) in [6, 6.07) is -0.585. The number of hydrogen-bond acceptors (Lipinski definition) is 7. The van der Waals surface area contributed by atoms with Crippen molar-refractivity contribution in [2.45, 2.75) is 6.04 Å². The second kappa shape index (κ2) is 9.18. The first-order valence-corrected chi connectivity index (χ1v) is 11.3. The number of hydrogen-bond donors (Lipinski definition) is 5. The average Bonchev–Trinajstić information content (AvgIpc) is 2.97. The van der Waals surface area contributed by atoms with Crippen LogP contribution in [0.5, 0.6) is 0 Å². The summed E-state index contributed by atoms with van der Waals surface area (Å²) in [5.74, 6) is 0. The fraction of sp³-hybridized carbons (Fsp3) is 0.583. The van der Waals surface area contributed by atoms with E-state index < -0.39 is 39.1 Å². The Morgan fingerprint density at radius 3 is 2.11 bits per heavy atom. The number of aromatic amines is 1. The average molecular weight is 426 g/mol. The van der Waals surface area contributed by atoms with Gasteiger partial charge in [-0.15, -0.1) is 0 Å². The van der Waals surface area contributed by atoms with Gasteiger partial charge in [-0.25, -0.2) is 9.97 Å². The van der Waals surface area contributed by atoms with E-state index in [4.69, 9.17) is 29.0 Å². The highest BCUT2D eigenvalue weighted by Crippen LogP contribution is 2.34. The highest BCUT2D eigenvalue weighted by atomic mass is 31.2. The van der Waals surface area contributed by atoms with E-state index in [1.165, 1.54) is 17.2 Å². The van der Waals surface area contributed by atoms with Crippen LogP contribution in [0.1, 0.15) is 6.04 Å². The number of ether oxygens (including phenoxy) is 2. The van der Waals surface area contributed by atoms with Crippen LogP contribution in [0.3, 0.4) is 0 Å². The first kappa shape index (κ1) is 21.9. The summed E-state index contributed by atoms with van der Waals surface area (Å²) < 4.78 is 33.8. The van der Waals surface area contributed by atoms with E-state index in [0.29, 0.717) is 0 Å². The Bertz CT molecular complexity index is 872. The van der Waals surface area contributed by atoms with Gasteiger partial charge in [0.25, 0.3) is 5.56 Å². The van der Waals surface area contributed by atoms with Crippen molar-refractivity contribution >= 4 is 26.4 Å². The molecule has 15 heteroatoms. The standard InChI is InChI=1S/C12H20N4O9P2/c17-12-10-11(13-7-14-12)16(8-15-10)9(5-24-1-3-26(18,19)20)6-25-2-4-27(21,22)23/h7-9H,1-6H2,(H,13,14,17)(H2,18,19,20)(H2,21,22,23). The molecule has 0 fully saturated rings.